The third-order valence-corrected chi connectivity index (χ3v) is 11.1. The zero-order valence-electron chi connectivity index (χ0n) is 27.4. The van der Waals surface area contributed by atoms with Gasteiger partial charge in [-0.25, -0.2) is 8.78 Å². The molecule has 8 aromatic rings. The van der Waals surface area contributed by atoms with E-state index in [-0.39, 0.29) is 18.3 Å². The number of hydrogen-bond acceptors (Lipinski definition) is 0. The van der Waals surface area contributed by atoms with Gasteiger partial charge in [0.2, 0.25) is 0 Å². The lowest BCUT2D eigenvalue weighted by atomic mass is 9.82. The van der Waals surface area contributed by atoms with Crippen LogP contribution in [-0.2, 0) is 11.8 Å². The highest BCUT2D eigenvalue weighted by Gasteiger charge is 2.36. The van der Waals surface area contributed by atoms with Crippen molar-refractivity contribution >= 4 is 32.7 Å². The van der Waals surface area contributed by atoms with E-state index < -0.39 is 12.3 Å². The lowest BCUT2D eigenvalue weighted by molar-refractivity contribution is 0.198. The maximum absolute atomic E-state index is 15.7. The molecule has 2 heterocycles. The molecule has 238 valence electrons. The standard InChI is InChI=1S/C45H34F2N2/c1-45(2)38-16-10-9-15-32(38)33-25-36-34-21-27(17-19-41(34)48(43(36)26-39(33)45)30-11-5-3-6-12-30)28-18-20-42-35(22-28)37-23-29(46)24-40(47)44(37)49(42)31-13-7-4-8-14-31/h3-22,25-26,29,40H,23-24H2,1-2H3. The van der Waals surface area contributed by atoms with Crippen LogP contribution in [0.4, 0.5) is 8.78 Å². The molecule has 49 heavy (non-hydrogen) atoms. The summed E-state index contributed by atoms with van der Waals surface area (Å²) >= 11 is 0. The fourth-order valence-corrected chi connectivity index (χ4v) is 8.84. The Morgan fingerprint density at radius 3 is 1.86 bits per heavy atom. The maximum Gasteiger partial charge on any atom is 0.143 e. The summed E-state index contributed by atoms with van der Waals surface area (Å²) < 4.78 is 35.0. The van der Waals surface area contributed by atoms with E-state index in [1.54, 1.807) is 0 Å². The predicted molar refractivity (Wildman–Crippen MR) is 198 cm³/mol. The summed E-state index contributed by atoms with van der Waals surface area (Å²) in [7, 11) is 0. The van der Waals surface area contributed by atoms with Crippen molar-refractivity contribution in [3.05, 3.63) is 156 Å². The van der Waals surface area contributed by atoms with Gasteiger partial charge in [0, 0.05) is 45.8 Å². The van der Waals surface area contributed by atoms with Crippen LogP contribution in [0.5, 0.6) is 0 Å². The molecule has 2 aromatic heterocycles. The Bertz CT molecular complexity index is 2610. The van der Waals surface area contributed by atoms with Gasteiger partial charge in [0.25, 0.3) is 0 Å². The van der Waals surface area contributed by atoms with E-state index in [0.29, 0.717) is 5.69 Å². The Balaban J connectivity index is 1.22. The van der Waals surface area contributed by atoms with Gasteiger partial charge >= 0.3 is 0 Å². The van der Waals surface area contributed by atoms with Crippen molar-refractivity contribution in [3.63, 3.8) is 0 Å². The van der Waals surface area contributed by atoms with Crippen LogP contribution in [0.2, 0.25) is 0 Å². The first-order valence-corrected chi connectivity index (χ1v) is 17.2. The Kier molecular flexibility index (Phi) is 5.97. The molecule has 0 radical (unpaired) electrons. The Hall–Kier alpha value is -5.48. The number of halogens is 2. The molecular formula is C45H34F2N2. The number of alkyl halides is 2. The van der Waals surface area contributed by atoms with Gasteiger partial charge in [-0.05, 0) is 99.6 Å². The fraction of sp³-hybridized carbons (Fsp3) is 0.156. The summed E-state index contributed by atoms with van der Waals surface area (Å²) in [5.41, 5.74) is 13.9. The molecule has 6 aromatic carbocycles. The Morgan fingerprint density at radius 1 is 0.551 bits per heavy atom. The second-order valence-electron chi connectivity index (χ2n) is 14.3. The van der Waals surface area contributed by atoms with Crippen LogP contribution in [0.1, 0.15) is 48.8 Å². The summed E-state index contributed by atoms with van der Waals surface area (Å²) in [5, 5.41) is 3.31. The quantitative estimate of drug-likeness (QED) is 0.182. The van der Waals surface area contributed by atoms with Crippen LogP contribution in [-0.4, -0.2) is 15.3 Å². The van der Waals surface area contributed by atoms with Crippen LogP contribution in [0, 0.1) is 0 Å². The number of fused-ring (bicyclic) bond motifs is 9. The zero-order valence-corrected chi connectivity index (χ0v) is 27.4. The van der Waals surface area contributed by atoms with E-state index in [1.807, 2.05) is 34.9 Å². The summed E-state index contributed by atoms with van der Waals surface area (Å²) in [6.07, 6.45) is -2.43. The molecule has 0 fully saturated rings. The maximum atomic E-state index is 15.7. The van der Waals surface area contributed by atoms with Gasteiger partial charge in [0.1, 0.15) is 12.3 Å². The van der Waals surface area contributed by atoms with Crippen LogP contribution in [0.25, 0.3) is 66.3 Å². The van der Waals surface area contributed by atoms with Gasteiger partial charge in [-0.1, -0.05) is 86.6 Å². The number of benzene rings is 6. The molecule has 0 amide bonds. The number of para-hydroxylation sites is 2. The molecule has 4 heteroatoms. The smallest absolute Gasteiger partial charge is 0.143 e. The van der Waals surface area contributed by atoms with Crippen molar-refractivity contribution < 1.29 is 8.78 Å². The van der Waals surface area contributed by atoms with Gasteiger partial charge in [-0.15, -0.1) is 0 Å². The highest BCUT2D eigenvalue weighted by Crippen LogP contribution is 2.51. The largest absolute Gasteiger partial charge is 0.310 e. The minimum atomic E-state index is -1.35. The number of hydrogen-bond donors (Lipinski definition) is 0. The van der Waals surface area contributed by atoms with Gasteiger partial charge < -0.3 is 9.13 Å². The van der Waals surface area contributed by atoms with Gasteiger partial charge in [0.05, 0.1) is 22.2 Å². The van der Waals surface area contributed by atoms with Gasteiger partial charge in [0.15, 0.2) is 0 Å². The van der Waals surface area contributed by atoms with Crippen molar-refractivity contribution in [2.45, 2.75) is 44.4 Å². The lowest BCUT2D eigenvalue weighted by Gasteiger charge is -2.22. The monoisotopic (exact) mass is 640 g/mol. The molecule has 0 spiro atoms. The summed E-state index contributed by atoms with van der Waals surface area (Å²) in [5.74, 6) is 0. The van der Waals surface area contributed by atoms with Crippen molar-refractivity contribution in [3.8, 4) is 33.6 Å². The highest BCUT2D eigenvalue weighted by atomic mass is 19.1. The van der Waals surface area contributed by atoms with E-state index >= 15 is 4.39 Å². The molecule has 2 nitrogen and oxygen atoms in total. The number of rotatable bonds is 3. The lowest BCUT2D eigenvalue weighted by Crippen LogP contribution is -2.18. The number of aromatic nitrogens is 2. The summed E-state index contributed by atoms with van der Waals surface area (Å²) in [4.78, 5) is 0. The molecule has 0 saturated heterocycles. The SMILES string of the molecule is CC1(C)c2ccccc2-c2cc3c4cc(-c5ccc6c(c5)c5c(n6-c6ccccc6)C(F)CC(F)C5)ccc4n(-c4ccccc4)c3cc21. The van der Waals surface area contributed by atoms with E-state index in [1.165, 1.54) is 38.5 Å². The normalized spacial score (nSPS) is 17.8. The van der Waals surface area contributed by atoms with Crippen molar-refractivity contribution in [2.75, 3.05) is 0 Å². The van der Waals surface area contributed by atoms with E-state index in [9.17, 15) is 4.39 Å². The third-order valence-electron chi connectivity index (χ3n) is 11.1. The molecule has 0 aliphatic heterocycles. The minimum absolute atomic E-state index is 0.101. The molecule has 0 saturated carbocycles. The Morgan fingerprint density at radius 2 is 1.14 bits per heavy atom. The number of nitrogens with zero attached hydrogens (tertiary/aromatic N) is 2. The van der Waals surface area contributed by atoms with E-state index in [0.717, 1.165) is 44.5 Å². The average Bonchev–Trinajstić information content (AvgIpc) is 3.71. The van der Waals surface area contributed by atoms with E-state index in [4.69, 9.17) is 0 Å². The highest BCUT2D eigenvalue weighted by molar-refractivity contribution is 6.13. The summed E-state index contributed by atoms with van der Waals surface area (Å²) in [6.45, 7) is 4.65. The zero-order chi connectivity index (χ0) is 33.0. The predicted octanol–water partition coefficient (Wildman–Crippen LogP) is 12.0. The molecule has 2 aliphatic rings. The molecular weight excluding hydrogens is 607 g/mol. The fourth-order valence-electron chi connectivity index (χ4n) is 8.84. The van der Waals surface area contributed by atoms with E-state index in [2.05, 4.69) is 122 Å². The summed E-state index contributed by atoms with van der Waals surface area (Å²) in [6, 6.07) is 47.1. The molecule has 10 rings (SSSR count). The Labute approximate surface area is 283 Å². The van der Waals surface area contributed by atoms with Crippen LogP contribution < -0.4 is 0 Å². The van der Waals surface area contributed by atoms with Crippen molar-refractivity contribution in [1.82, 2.24) is 9.13 Å². The topological polar surface area (TPSA) is 9.86 Å². The average molecular weight is 641 g/mol. The first-order chi connectivity index (χ1) is 23.9. The molecule has 0 bridgehead atoms. The van der Waals surface area contributed by atoms with Crippen molar-refractivity contribution in [1.29, 1.82) is 0 Å². The molecule has 2 aliphatic carbocycles. The van der Waals surface area contributed by atoms with Crippen molar-refractivity contribution in [2.24, 2.45) is 0 Å². The first-order valence-electron chi connectivity index (χ1n) is 17.2. The third kappa shape index (κ3) is 4.04. The second-order valence-corrected chi connectivity index (χ2v) is 14.3. The van der Waals surface area contributed by atoms with Gasteiger partial charge in [-0.2, -0.15) is 0 Å². The van der Waals surface area contributed by atoms with Crippen LogP contribution in [0.15, 0.2) is 133 Å². The molecule has 2 atom stereocenters. The second kappa shape index (κ2) is 10.3. The molecule has 0 N–H and O–H groups in total. The van der Waals surface area contributed by atoms with Gasteiger partial charge in [-0.3, -0.25) is 0 Å². The van der Waals surface area contributed by atoms with Crippen LogP contribution >= 0.6 is 0 Å². The molecule has 2 unspecified atom stereocenters. The first kappa shape index (κ1) is 28.5. The van der Waals surface area contributed by atoms with Crippen LogP contribution in [0.3, 0.4) is 0 Å². The minimum Gasteiger partial charge on any atom is -0.310 e.